The highest BCUT2D eigenvalue weighted by molar-refractivity contribution is 6.60. The molecule has 18 heavy (non-hydrogen) atoms. The summed E-state index contributed by atoms with van der Waals surface area (Å²) in [5.74, 6) is 0. The van der Waals surface area contributed by atoms with Gasteiger partial charge in [-0.15, -0.1) is 0 Å². The molecular weight excluding hydrogens is 264 g/mol. The monoisotopic (exact) mass is 296 g/mol. The minimum Gasteiger partial charge on any atom is -0.374 e. The van der Waals surface area contributed by atoms with E-state index in [-0.39, 0.29) is 0 Å². The van der Waals surface area contributed by atoms with Gasteiger partial charge in [-0.25, -0.2) is 0 Å². The number of nitrogens with zero attached hydrogens (tertiary/aromatic N) is 1. The third kappa shape index (κ3) is 12.7. The van der Waals surface area contributed by atoms with E-state index in [1.54, 1.807) is 0 Å². The van der Waals surface area contributed by atoms with Crippen LogP contribution < -0.4 is 5.73 Å². The van der Waals surface area contributed by atoms with Crippen molar-refractivity contribution in [3.8, 4) is 0 Å². The standard InChI is InChI=1S/C9H23NO3Si.C2H9NSi/c1-4-11-14(12-5-2,13-6-3)9-7-8-10;1-3(2)4/h4-10H2,1-3H3;1-2,4H3. The predicted molar refractivity (Wildman–Crippen MR) is 82.7 cm³/mol. The summed E-state index contributed by atoms with van der Waals surface area (Å²) in [6.07, 6.45) is 0.895. The van der Waals surface area contributed by atoms with E-state index in [4.69, 9.17) is 19.0 Å². The summed E-state index contributed by atoms with van der Waals surface area (Å²) < 4.78 is 19.1. The lowest BCUT2D eigenvalue weighted by Gasteiger charge is -2.28. The van der Waals surface area contributed by atoms with Gasteiger partial charge in [0.1, 0.15) is 0 Å². The third-order valence-electron chi connectivity index (χ3n) is 1.78. The van der Waals surface area contributed by atoms with Gasteiger partial charge < -0.3 is 23.6 Å². The van der Waals surface area contributed by atoms with Crippen molar-refractivity contribution in [2.24, 2.45) is 5.73 Å². The maximum atomic E-state index is 5.65. The Bertz CT molecular complexity index is 155. The molecule has 0 saturated heterocycles. The smallest absolute Gasteiger partial charge is 0.374 e. The molecule has 0 aromatic rings. The Hall–Kier alpha value is 0.234. The van der Waals surface area contributed by atoms with E-state index >= 15 is 0 Å². The van der Waals surface area contributed by atoms with Gasteiger partial charge >= 0.3 is 8.80 Å². The van der Waals surface area contributed by atoms with Crippen molar-refractivity contribution >= 4 is 19.2 Å². The molecule has 7 heteroatoms. The summed E-state index contributed by atoms with van der Waals surface area (Å²) in [6, 6.07) is 0.818. The Kier molecular flexibility index (Phi) is 15.6. The summed E-state index contributed by atoms with van der Waals surface area (Å²) in [6.45, 7) is 8.44. The highest BCUT2D eigenvalue weighted by Crippen LogP contribution is 2.17. The second-order valence-electron chi connectivity index (χ2n) is 4.22. The van der Waals surface area contributed by atoms with E-state index in [0.29, 0.717) is 26.4 Å². The molecule has 0 aromatic heterocycles. The van der Waals surface area contributed by atoms with Crippen LogP contribution in [0.1, 0.15) is 27.2 Å². The number of nitrogens with two attached hydrogens (primary N) is 1. The van der Waals surface area contributed by atoms with Crippen LogP contribution in [0, 0.1) is 0 Å². The number of hydrogen-bond acceptors (Lipinski definition) is 5. The fraction of sp³-hybridized carbons (Fsp3) is 1.00. The fourth-order valence-electron chi connectivity index (χ4n) is 1.32. The molecule has 0 heterocycles. The second-order valence-corrected chi connectivity index (χ2v) is 8.74. The molecule has 0 amide bonds. The molecule has 5 nitrogen and oxygen atoms in total. The number of rotatable bonds is 9. The predicted octanol–water partition coefficient (Wildman–Crippen LogP) is 0.212. The third-order valence-corrected chi connectivity index (χ3v) is 4.93. The Morgan fingerprint density at radius 1 is 1.00 bits per heavy atom. The van der Waals surface area contributed by atoms with Gasteiger partial charge in [0.25, 0.3) is 0 Å². The minimum absolute atomic E-state index is 0.636. The molecule has 0 fully saturated rings. The summed E-state index contributed by atoms with van der Waals surface area (Å²) >= 11 is 0. The Morgan fingerprint density at radius 3 is 1.56 bits per heavy atom. The molecule has 0 rings (SSSR count). The molecule has 0 radical (unpaired) electrons. The van der Waals surface area contributed by atoms with Crippen molar-refractivity contribution in [3.63, 3.8) is 0 Å². The molecule has 2 N–H and O–H groups in total. The van der Waals surface area contributed by atoms with Gasteiger partial charge in [0.05, 0.1) is 10.4 Å². The van der Waals surface area contributed by atoms with E-state index in [1.165, 1.54) is 10.4 Å². The second kappa shape index (κ2) is 13.7. The summed E-state index contributed by atoms with van der Waals surface area (Å²) in [5, 5.41) is 0. The normalized spacial score (nSPS) is 11.5. The van der Waals surface area contributed by atoms with Gasteiger partial charge in [-0.05, 0) is 47.8 Å². The van der Waals surface area contributed by atoms with E-state index < -0.39 is 8.80 Å². The van der Waals surface area contributed by atoms with Gasteiger partial charge in [-0.2, -0.15) is 0 Å². The molecule has 0 aliphatic heterocycles. The zero-order valence-electron chi connectivity index (χ0n) is 13.0. The molecule has 0 aromatic carbocycles. The Labute approximate surface area is 117 Å². The molecule has 0 saturated carbocycles. The summed E-state index contributed by atoms with van der Waals surface area (Å²) in [5.41, 5.74) is 5.48. The Balaban J connectivity index is 0. The molecule has 0 spiro atoms. The van der Waals surface area contributed by atoms with E-state index in [2.05, 4.69) is 18.7 Å². The van der Waals surface area contributed by atoms with Crippen LogP contribution in [0.15, 0.2) is 0 Å². The van der Waals surface area contributed by atoms with Crippen LogP contribution in [0.25, 0.3) is 0 Å². The fourth-order valence-corrected chi connectivity index (χ4v) is 3.96. The SMILES string of the molecule is CCO[Si](CCCN)(OCC)OCC.CN(C)[SiH3]. The summed E-state index contributed by atoms with van der Waals surface area (Å²) in [7, 11) is 2.91. The zero-order chi connectivity index (χ0) is 14.4. The van der Waals surface area contributed by atoms with Gasteiger partial charge in [0.15, 0.2) is 0 Å². The first-order chi connectivity index (χ1) is 8.47. The van der Waals surface area contributed by atoms with Crippen LogP contribution in [0.5, 0.6) is 0 Å². The van der Waals surface area contributed by atoms with Crippen molar-refractivity contribution in [1.82, 2.24) is 4.57 Å². The van der Waals surface area contributed by atoms with E-state index in [0.717, 1.165) is 12.5 Å². The van der Waals surface area contributed by atoms with Gasteiger partial charge in [-0.1, -0.05) is 0 Å². The topological polar surface area (TPSA) is 57.0 Å². The Morgan fingerprint density at radius 2 is 1.33 bits per heavy atom. The molecule has 0 bridgehead atoms. The van der Waals surface area contributed by atoms with E-state index in [1.807, 2.05) is 20.8 Å². The summed E-state index contributed by atoms with van der Waals surface area (Å²) in [4.78, 5) is 0. The lowest BCUT2D eigenvalue weighted by molar-refractivity contribution is 0.0710. The largest absolute Gasteiger partial charge is 0.500 e. The van der Waals surface area contributed by atoms with Crippen LogP contribution in [0.2, 0.25) is 6.04 Å². The van der Waals surface area contributed by atoms with Crippen LogP contribution in [0.3, 0.4) is 0 Å². The van der Waals surface area contributed by atoms with Gasteiger partial charge in [0, 0.05) is 25.9 Å². The zero-order valence-corrected chi connectivity index (χ0v) is 16.0. The molecule has 0 unspecified atom stereocenters. The average Bonchev–Trinajstić information content (AvgIpc) is 2.27. The van der Waals surface area contributed by atoms with Crippen LogP contribution in [-0.2, 0) is 13.3 Å². The molecular formula is C11H32N2O3Si2. The molecule has 0 atom stereocenters. The van der Waals surface area contributed by atoms with Crippen molar-refractivity contribution in [2.75, 3.05) is 40.5 Å². The van der Waals surface area contributed by atoms with Crippen LogP contribution in [0.4, 0.5) is 0 Å². The molecule has 112 valence electrons. The maximum absolute atomic E-state index is 5.65. The number of hydrogen-bond donors (Lipinski definition) is 1. The molecule has 0 aliphatic rings. The van der Waals surface area contributed by atoms with Crippen LogP contribution in [-0.4, -0.2) is 64.2 Å². The highest BCUT2D eigenvalue weighted by atomic mass is 28.4. The van der Waals surface area contributed by atoms with Gasteiger partial charge in [0.2, 0.25) is 0 Å². The van der Waals surface area contributed by atoms with Crippen molar-refractivity contribution in [2.45, 2.75) is 33.2 Å². The average molecular weight is 297 g/mol. The lowest BCUT2D eigenvalue weighted by Crippen LogP contribution is -2.46. The maximum Gasteiger partial charge on any atom is 0.500 e. The minimum atomic E-state index is -2.40. The molecule has 0 aliphatic carbocycles. The van der Waals surface area contributed by atoms with Crippen LogP contribution >= 0.6 is 0 Å². The first-order valence-corrected chi connectivity index (χ1v) is 9.53. The quantitative estimate of drug-likeness (QED) is 0.617. The lowest BCUT2D eigenvalue weighted by atomic mass is 10.5. The van der Waals surface area contributed by atoms with Crippen molar-refractivity contribution in [1.29, 1.82) is 0 Å². The van der Waals surface area contributed by atoms with Crippen molar-refractivity contribution < 1.29 is 13.3 Å². The first kappa shape index (κ1) is 20.5. The van der Waals surface area contributed by atoms with E-state index in [9.17, 15) is 0 Å². The highest BCUT2D eigenvalue weighted by Gasteiger charge is 2.39. The van der Waals surface area contributed by atoms with Crippen molar-refractivity contribution in [3.05, 3.63) is 0 Å². The first-order valence-electron chi connectivity index (χ1n) is 6.70. The van der Waals surface area contributed by atoms with Gasteiger partial charge in [-0.3, -0.25) is 0 Å².